The highest BCUT2D eigenvalue weighted by Crippen LogP contribution is 2.24. The Labute approximate surface area is 217 Å². The van der Waals surface area contributed by atoms with E-state index in [1.54, 1.807) is 35.2 Å². The average Bonchev–Trinajstić information content (AvgIpc) is 2.87. The van der Waals surface area contributed by atoms with Crippen molar-refractivity contribution < 1.29 is 14.3 Å². The van der Waals surface area contributed by atoms with Crippen LogP contribution >= 0.6 is 23.2 Å². The van der Waals surface area contributed by atoms with Crippen LogP contribution in [0.1, 0.15) is 31.4 Å². The summed E-state index contributed by atoms with van der Waals surface area (Å²) in [5.74, 6) is -0.157. The first-order valence-electron chi connectivity index (χ1n) is 11.6. The minimum Gasteiger partial charge on any atom is -0.482 e. The van der Waals surface area contributed by atoms with Crippen LogP contribution in [0, 0.1) is 0 Å². The number of hydrogen-bond acceptors (Lipinski definition) is 3. The highest BCUT2D eigenvalue weighted by molar-refractivity contribution is 6.32. The molecule has 0 heterocycles. The maximum atomic E-state index is 13.6. The quantitative estimate of drug-likeness (QED) is 0.346. The van der Waals surface area contributed by atoms with Crippen molar-refractivity contribution in [1.29, 1.82) is 0 Å². The Hall–Kier alpha value is -3.02. The molecule has 3 aromatic rings. The van der Waals surface area contributed by atoms with Gasteiger partial charge in [-0.1, -0.05) is 90.8 Å². The van der Waals surface area contributed by atoms with Crippen LogP contribution in [0.15, 0.2) is 78.9 Å². The summed E-state index contributed by atoms with van der Waals surface area (Å²) in [6.45, 7) is 3.84. The standard InChI is InChI=1S/C28H30Cl2N2O3/c1-3-20(2)31-28(34)25(17-21-11-5-4-6-12-21)32(18-22-13-7-8-14-23(22)29)27(33)19-35-26-16-10-9-15-24(26)30/h4-16,20,25H,3,17-19H2,1-2H3,(H,31,34)/t20-,25-/m1/s1. The number of para-hydroxylation sites is 1. The third-order valence-corrected chi connectivity index (χ3v) is 6.44. The molecule has 0 aliphatic heterocycles. The van der Waals surface area contributed by atoms with Crippen molar-refractivity contribution in [3.8, 4) is 5.75 Å². The summed E-state index contributed by atoms with van der Waals surface area (Å²) in [4.78, 5) is 28.6. The van der Waals surface area contributed by atoms with E-state index in [1.165, 1.54) is 0 Å². The topological polar surface area (TPSA) is 58.6 Å². The SMILES string of the molecule is CC[C@@H](C)NC(=O)[C@@H](Cc1ccccc1)N(Cc1ccccc1Cl)C(=O)COc1ccccc1Cl. The number of nitrogens with one attached hydrogen (secondary N) is 1. The number of carbonyl (C=O) groups is 2. The summed E-state index contributed by atoms with van der Waals surface area (Å²) < 4.78 is 5.74. The van der Waals surface area contributed by atoms with Gasteiger partial charge in [-0.05, 0) is 42.7 Å². The largest absolute Gasteiger partial charge is 0.482 e. The van der Waals surface area contributed by atoms with E-state index < -0.39 is 6.04 Å². The number of rotatable bonds is 11. The van der Waals surface area contributed by atoms with Crippen LogP contribution in [0.3, 0.4) is 0 Å². The number of hydrogen-bond donors (Lipinski definition) is 1. The summed E-state index contributed by atoms with van der Waals surface area (Å²) in [5.41, 5.74) is 1.69. The molecular weight excluding hydrogens is 483 g/mol. The van der Waals surface area contributed by atoms with Crippen molar-refractivity contribution in [3.63, 3.8) is 0 Å². The molecule has 0 aromatic heterocycles. The molecule has 0 aliphatic carbocycles. The normalized spacial score (nSPS) is 12.5. The molecule has 2 amide bonds. The molecule has 3 rings (SSSR count). The first-order valence-corrected chi connectivity index (χ1v) is 12.4. The smallest absolute Gasteiger partial charge is 0.261 e. The van der Waals surface area contributed by atoms with Gasteiger partial charge < -0.3 is 15.0 Å². The number of benzene rings is 3. The van der Waals surface area contributed by atoms with E-state index in [0.717, 1.165) is 17.5 Å². The zero-order valence-corrected chi connectivity index (χ0v) is 21.4. The lowest BCUT2D eigenvalue weighted by Gasteiger charge is -2.32. The van der Waals surface area contributed by atoms with Crippen molar-refractivity contribution >= 4 is 35.0 Å². The number of halogens is 2. The zero-order chi connectivity index (χ0) is 25.2. The van der Waals surface area contributed by atoms with E-state index in [2.05, 4.69) is 5.32 Å². The van der Waals surface area contributed by atoms with Crippen LogP contribution in [0.5, 0.6) is 5.75 Å². The predicted octanol–water partition coefficient (Wildman–Crippen LogP) is 5.93. The van der Waals surface area contributed by atoms with Crippen molar-refractivity contribution in [2.45, 2.75) is 45.3 Å². The molecule has 0 fully saturated rings. The summed E-state index contributed by atoms with van der Waals surface area (Å²) in [6.07, 6.45) is 1.13. The molecule has 35 heavy (non-hydrogen) atoms. The van der Waals surface area contributed by atoms with E-state index in [0.29, 0.717) is 22.2 Å². The molecule has 0 radical (unpaired) electrons. The summed E-state index contributed by atoms with van der Waals surface area (Å²) in [6, 6.07) is 23.1. The van der Waals surface area contributed by atoms with Crippen LogP contribution in [0.25, 0.3) is 0 Å². The van der Waals surface area contributed by atoms with Gasteiger partial charge in [0.15, 0.2) is 6.61 Å². The lowest BCUT2D eigenvalue weighted by Crippen LogP contribution is -2.53. The molecule has 3 aromatic carbocycles. The van der Waals surface area contributed by atoms with Gasteiger partial charge in [0.05, 0.1) is 5.02 Å². The fraction of sp³-hybridized carbons (Fsp3) is 0.286. The van der Waals surface area contributed by atoms with Gasteiger partial charge in [-0.3, -0.25) is 9.59 Å². The maximum absolute atomic E-state index is 13.6. The second kappa shape index (κ2) is 13.2. The van der Waals surface area contributed by atoms with Gasteiger partial charge in [0.2, 0.25) is 5.91 Å². The molecule has 2 atom stereocenters. The highest BCUT2D eigenvalue weighted by atomic mass is 35.5. The van der Waals surface area contributed by atoms with Crippen molar-refractivity contribution in [3.05, 3.63) is 100 Å². The summed E-state index contributed by atoms with van der Waals surface area (Å²) >= 11 is 12.6. The molecule has 0 aliphatic rings. The van der Waals surface area contributed by atoms with Crippen LogP contribution in [0.2, 0.25) is 10.0 Å². The minimum absolute atomic E-state index is 0.0302. The monoisotopic (exact) mass is 512 g/mol. The molecule has 0 saturated heterocycles. The molecular formula is C28H30Cl2N2O3. The van der Waals surface area contributed by atoms with Gasteiger partial charge in [-0.25, -0.2) is 0 Å². The Bertz CT molecular complexity index is 1120. The Balaban J connectivity index is 1.93. The molecule has 5 nitrogen and oxygen atoms in total. The highest BCUT2D eigenvalue weighted by Gasteiger charge is 2.31. The van der Waals surface area contributed by atoms with Crippen molar-refractivity contribution in [2.75, 3.05) is 6.61 Å². The molecule has 7 heteroatoms. The van der Waals surface area contributed by atoms with Gasteiger partial charge in [0.1, 0.15) is 11.8 Å². The van der Waals surface area contributed by atoms with Crippen LogP contribution < -0.4 is 10.1 Å². The summed E-state index contributed by atoms with van der Waals surface area (Å²) in [7, 11) is 0. The summed E-state index contributed by atoms with van der Waals surface area (Å²) in [5, 5.41) is 3.98. The second-order valence-corrected chi connectivity index (χ2v) is 9.17. The molecule has 1 N–H and O–H groups in total. The first kappa shape index (κ1) is 26.6. The molecule has 0 spiro atoms. The van der Waals surface area contributed by atoms with Crippen LogP contribution in [0.4, 0.5) is 0 Å². The van der Waals surface area contributed by atoms with Gasteiger partial charge in [-0.2, -0.15) is 0 Å². The fourth-order valence-electron chi connectivity index (χ4n) is 3.59. The lowest BCUT2D eigenvalue weighted by atomic mass is 10.0. The van der Waals surface area contributed by atoms with Gasteiger partial charge in [0.25, 0.3) is 5.91 Å². The maximum Gasteiger partial charge on any atom is 0.261 e. The minimum atomic E-state index is -0.759. The molecule has 184 valence electrons. The van der Waals surface area contributed by atoms with Gasteiger partial charge in [0, 0.05) is 24.0 Å². The van der Waals surface area contributed by atoms with E-state index in [1.807, 2.05) is 62.4 Å². The third-order valence-electron chi connectivity index (χ3n) is 5.76. The lowest BCUT2D eigenvalue weighted by molar-refractivity contribution is -0.143. The first-order chi connectivity index (χ1) is 16.9. The second-order valence-electron chi connectivity index (χ2n) is 8.36. The van der Waals surface area contributed by atoms with Gasteiger partial charge >= 0.3 is 0 Å². The van der Waals surface area contributed by atoms with Crippen molar-refractivity contribution in [1.82, 2.24) is 10.2 Å². The van der Waals surface area contributed by atoms with E-state index >= 15 is 0 Å². The number of nitrogens with zero attached hydrogens (tertiary/aromatic N) is 1. The van der Waals surface area contributed by atoms with Crippen molar-refractivity contribution in [2.24, 2.45) is 0 Å². The average molecular weight is 513 g/mol. The number of amides is 2. The fourth-order valence-corrected chi connectivity index (χ4v) is 3.98. The Morgan fingerprint density at radius 3 is 2.20 bits per heavy atom. The Kier molecular flexibility index (Phi) is 10.0. The number of ether oxygens (including phenoxy) is 1. The predicted molar refractivity (Wildman–Crippen MR) is 141 cm³/mol. The van der Waals surface area contributed by atoms with Gasteiger partial charge in [-0.15, -0.1) is 0 Å². The zero-order valence-electron chi connectivity index (χ0n) is 19.9. The molecule has 0 unspecified atom stereocenters. The molecule has 0 saturated carbocycles. The van der Waals surface area contributed by atoms with Crippen LogP contribution in [-0.2, 0) is 22.6 Å². The Morgan fingerprint density at radius 2 is 1.54 bits per heavy atom. The van der Waals surface area contributed by atoms with E-state index in [4.69, 9.17) is 27.9 Å². The number of carbonyl (C=O) groups excluding carboxylic acids is 2. The Morgan fingerprint density at radius 1 is 0.914 bits per heavy atom. The van der Waals surface area contributed by atoms with E-state index in [9.17, 15) is 9.59 Å². The third kappa shape index (κ3) is 7.74. The van der Waals surface area contributed by atoms with Crippen LogP contribution in [-0.4, -0.2) is 35.4 Å². The van der Waals surface area contributed by atoms with E-state index in [-0.39, 0.29) is 31.0 Å². The molecule has 0 bridgehead atoms.